The van der Waals surface area contributed by atoms with Crippen molar-refractivity contribution in [2.24, 2.45) is 0 Å². The van der Waals surface area contributed by atoms with E-state index >= 15 is 0 Å². The Morgan fingerprint density at radius 2 is 2.19 bits per heavy atom. The first kappa shape index (κ1) is 16.4. The number of ether oxygens (including phenoxy) is 1. The Bertz CT molecular complexity index is 479. The van der Waals surface area contributed by atoms with E-state index in [-0.39, 0.29) is 5.91 Å². The topological polar surface area (TPSA) is 50.4 Å². The SMILES string of the molecule is O=C(NCCCOC1CCNCC1)c1ccc(Br)c(F)c1. The van der Waals surface area contributed by atoms with Crippen molar-refractivity contribution in [2.45, 2.75) is 25.4 Å². The van der Waals surface area contributed by atoms with Crippen LogP contribution < -0.4 is 10.6 Å². The van der Waals surface area contributed by atoms with Crippen LogP contribution in [0.25, 0.3) is 0 Å². The van der Waals surface area contributed by atoms with Gasteiger partial charge in [0.25, 0.3) is 5.91 Å². The Morgan fingerprint density at radius 1 is 1.43 bits per heavy atom. The molecule has 1 aliphatic heterocycles. The lowest BCUT2D eigenvalue weighted by atomic mass is 10.1. The number of hydrogen-bond acceptors (Lipinski definition) is 3. The second-order valence-corrected chi connectivity index (χ2v) is 5.91. The molecule has 1 heterocycles. The van der Waals surface area contributed by atoms with Gasteiger partial charge in [-0.1, -0.05) is 0 Å². The Balaban J connectivity index is 1.63. The van der Waals surface area contributed by atoms with Crippen LogP contribution in [0.1, 0.15) is 29.6 Å². The molecule has 4 nitrogen and oxygen atoms in total. The van der Waals surface area contributed by atoms with Gasteiger partial charge in [-0.2, -0.15) is 0 Å². The van der Waals surface area contributed by atoms with Crippen molar-refractivity contribution >= 4 is 21.8 Å². The van der Waals surface area contributed by atoms with E-state index in [1.54, 1.807) is 6.07 Å². The first-order valence-electron chi connectivity index (χ1n) is 7.22. The van der Waals surface area contributed by atoms with Gasteiger partial charge in [0.2, 0.25) is 0 Å². The second-order valence-electron chi connectivity index (χ2n) is 5.06. The van der Waals surface area contributed by atoms with E-state index in [9.17, 15) is 9.18 Å². The standard InChI is InChI=1S/C15H20BrFN2O2/c16-13-3-2-11(10-14(13)17)15(20)19-6-1-9-21-12-4-7-18-8-5-12/h2-3,10,12,18H,1,4-9H2,(H,19,20). The molecule has 0 aromatic heterocycles. The van der Waals surface area contributed by atoms with Gasteiger partial charge in [0.15, 0.2) is 0 Å². The van der Waals surface area contributed by atoms with Gasteiger partial charge >= 0.3 is 0 Å². The molecule has 0 spiro atoms. The zero-order chi connectivity index (χ0) is 15.1. The molecule has 1 aliphatic rings. The maximum Gasteiger partial charge on any atom is 0.251 e. The van der Waals surface area contributed by atoms with E-state index in [4.69, 9.17) is 4.74 Å². The predicted molar refractivity (Wildman–Crippen MR) is 82.9 cm³/mol. The smallest absolute Gasteiger partial charge is 0.251 e. The Hall–Kier alpha value is -0.980. The fourth-order valence-corrected chi connectivity index (χ4v) is 2.47. The van der Waals surface area contributed by atoms with Gasteiger partial charge in [0, 0.05) is 18.7 Å². The lowest BCUT2D eigenvalue weighted by Gasteiger charge is -2.22. The van der Waals surface area contributed by atoms with E-state index in [1.165, 1.54) is 12.1 Å². The number of benzene rings is 1. The number of amides is 1. The molecule has 2 rings (SSSR count). The summed E-state index contributed by atoms with van der Waals surface area (Å²) in [5.41, 5.74) is 0.329. The van der Waals surface area contributed by atoms with E-state index in [2.05, 4.69) is 26.6 Å². The van der Waals surface area contributed by atoms with Crippen LogP contribution in [0.15, 0.2) is 22.7 Å². The molecule has 0 atom stereocenters. The molecular weight excluding hydrogens is 339 g/mol. The number of piperidine rings is 1. The van der Waals surface area contributed by atoms with Crippen LogP contribution in [0, 0.1) is 5.82 Å². The summed E-state index contributed by atoms with van der Waals surface area (Å²) < 4.78 is 19.4. The van der Waals surface area contributed by atoms with Crippen molar-refractivity contribution in [3.05, 3.63) is 34.1 Å². The number of halogens is 2. The third-order valence-corrected chi connectivity index (χ3v) is 4.07. The highest BCUT2D eigenvalue weighted by Gasteiger charge is 2.13. The van der Waals surface area contributed by atoms with Crippen molar-refractivity contribution in [3.63, 3.8) is 0 Å². The highest BCUT2D eigenvalue weighted by Crippen LogP contribution is 2.16. The lowest BCUT2D eigenvalue weighted by Crippen LogP contribution is -2.33. The first-order valence-corrected chi connectivity index (χ1v) is 8.01. The minimum atomic E-state index is -0.433. The summed E-state index contributed by atoms with van der Waals surface area (Å²) >= 11 is 3.06. The van der Waals surface area contributed by atoms with Crippen LogP contribution >= 0.6 is 15.9 Å². The molecule has 1 aromatic rings. The maximum atomic E-state index is 13.3. The summed E-state index contributed by atoms with van der Waals surface area (Å²) in [4.78, 5) is 11.8. The zero-order valence-electron chi connectivity index (χ0n) is 11.8. The highest BCUT2D eigenvalue weighted by molar-refractivity contribution is 9.10. The molecular formula is C15H20BrFN2O2. The third kappa shape index (κ3) is 5.37. The quantitative estimate of drug-likeness (QED) is 0.768. The fraction of sp³-hybridized carbons (Fsp3) is 0.533. The summed E-state index contributed by atoms with van der Waals surface area (Å²) in [6, 6.07) is 4.35. The van der Waals surface area contributed by atoms with Crippen LogP contribution in [0.5, 0.6) is 0 Å². The van der Waals surface area contributed by atoms with Gasteiger partial charge in [0.1, 0.15) is 5.82 Å². The molecule has 0 unspecified atom stereocenters. The summed E-state index contributed by atoms with van der Waals surface area (Å²) in [5, 5.41) is 6.06. The van der Waals surface area contributed by atoms with E-state index in [1.807, 2.05) is 0 Å². The van der Waals surface area contributed by atoms with E-state index in [0.29, 0.717) is 29.3 Å². The number of rotatable bonds is 6. The number of hydrogen-bond donors (Lipinski definition) is 2. The van der Waals surface area contributed by atoms with Gasteiger partial charge in [-0.3, -0.25) is 4.79 Å². The molecule has 6 heteroatoms. The summed E-state index contributed by atoms with van der Waals surface area (Å²) in [6.45, 7) is 3.19. The number of nitrogens with one attached hydrogen (secondary N) is 2. The summed E-state index contributed by atoms with van der Waals surface area (Å²) in [6.07, 6.45) is 3.19. The minimum absolute atomic E-state index is 0.261. The largest absolute Gasteiger partial charge is 0.378 e. The van der Waals surface area contributed by atoms with Gasteiger partial charge in [-0.15, -0.1) is 0 Å². The van der Waals surface area contributed by atoms with Gasteiger partial charge in [-0.05, 0) is 66.5 Å². The second kappa shape index (κ2) is 8.46. The molecule has 1 fully saturated rings. The van der Waals surface area contributed by atoms with Crippen molar-refractivity contribution < 1.29 is 13.9 Å². The molecule has 0 radical (unpaired) electrons. The van der Waals surface area contributed by atoms with E-state index in [0.717, 1.165) is 32.4 Å². The molecule has 21 heavy (non-hydrogen) atoms. The molecule has 116 valence electrons. The minimum Gasteiger partial charge on any atom is -0.378 e. The van der Waals surface area contributed by atoms with Crippen molar-refractivity contribution in [1.29, 1.82) is 0 Å². The average molecular weight is 359 g/mol. The fourth-order valence-electron chi connectivity index (χ4n) is 2.23. The third-order valence-electron chi connectivity index (χ3n) is 3.43. The molecule has 0 bridgehead atoms. The molecule has 1 saturated heterocycles. The molecule has 0 saturated carbocycles. The van der Waals surface area contributed by atoms with Gasteiger partial charge in [0.05, 0.1) is 10.6 Å². The summed E-state index contributed by atoms with van der Waals surface area (Å²) in [7, 11) is 0. The Labute approximate surface area is 132 Å². The normalized spacial score (nSPS) is 15.9. The van der Waals surface area contributed by atoms with Crippen LogP contribution in [0.2, 0.25) is 0 Å². The van der Waals surface area contributed by atoms with Crippen LogP contribution in [0.3, 0.4) is 0 Å². The zero-order valence-corrected chi connectivity index (χ0v) is 13.4. The lowest BCUT2D eigenvalue weighted by molar-refractivity contribution is 0.0318. The molecule has 0 aliphatic carbocycles. The molecule has 1 amide bonds. The van der Waals surface area contributed by atoms with Gasteiger partial charge < -0.3 is 15.4 Å². The van der Waals surface area contributed by atoms with Crippen molar-refractivity contribution in [3.8, 4) is 0 Å². The van der Waals surface area contributed by atoms with Crippen LogP contribution in [-0.2, 0) is 4.74 Å². The number of carbonyl (C=O) groups is 1. The Kier molecular flexibility index (Phi) is 6.60. The van der Waals surface area contributed by atoms with Crippen LogP contribution in [-0.4, -0.2) is 38.3 Å². The van der Waals surface area contributed by atoms with Crippen molar-refractivity contribution in [1.82, 2.24) is 10.6 Å². The van der Waals surface area contributed by atoms with E-state index < -0.39 is 5.82 Å². The number of carbonyl (C=O) groups excluding carboxylic acids is 1. The predicted octanol–water partition coefficient (Wildman–Crippen LogP) is 2.48. The first-order chi connectivity index (χ1) is 10.2. The molecule has 1 aromatic carbocycles. The monoisotopic (exact) mass is 358 g/mol. The maximum absolute atomic E-state index is 13.3. The van der Waals surface area contributed by atoms with Crippen molar-refractivity contribution in [2.75, 3.05) is 26.2 Å². The average Bonchev–Trinajstić information content (AvgIpc) is 2.50. The highest BCUT2D eigenvalue weighted by atomic mass is 79.9. The van der Waals surface area contributed by atoms with Crippen LogP contribution in [0.4, 0.5) is 4.39 Å². The van der Waals surface area contributed by atoms with Gasteiger partial charge in [-0.25, -0.2) is 4.39 Å². The Morgan fingerprint density at radius 3 is 2.90 bits per heavy atom. The molecule has 2 N–H and O–H groups in total. The summed E-state index contributed by atoms with van der Waals surface area (Å²) in [5.74, 6) is -0.694.